The van der Waals surface area contributed by atoms with Gasteiger partial charge in [-0.1, -0.05) is 17.8 Å². The fourth-order valence-electron chi connectivity index (χ4n) is 0.986. The third-order valence-electron chi connectivity index (χ3n) is 1.66. The number of hydrogen-bond acceptors (Lipinski definition) is 3. The number of carboxylic acids is 1. The normalized spacial score (nSPS) is 11.5. The molecular weight excluding hydrogens is 257 g/mol. The van der Waals surface area contributed by atoms with E-state index in [0.717, 1.165) is 11.8 Å². The van der Waals surface area contributed by atoms with Crippen molar-refractivity contribution in [3.63, 3.8) is 0 Å². The van der Waals surface area contributed by atoms with Gasteiger partial charge in [0.05, 0.1) is 11.5 Å². The Kier molecular flexibility index (Phi) is 4.83. The summed E-state index contributed by atoms with van der Waals surface area (Å²) in [6.45, 7) is -1.31. The number of aromatic carboxylic acids is 1. The van der Waals surface area contributed by atoms with Crippen LogP contribution in [0.4, 0.5) is 13.2 Å². The highest BCUT2D eigenvalue weighted by molar-refractivity contribution is 7.99. The van der Waals surface area contributed by atoms with Gasteiger partial charge in [0.2, 0.25) is 0 Å². The van der Waals surface area contributed by atoms with Crippen LogP contribution in [-0.2, 0) is 4.74 Å². The summed E-state index contributed by atoms with van der Waals surface area (Å²) in [6.07, 6.45) is -4.34. The SMILES string of the molecule is O=C(O)c1cccc(SCOCC(F)(F)F)c1. The number of thioether (sulfide) groups is 1. The van der Waals surface area contributed by atoms with Crippen LogP contribution in [0.1, 0.15) is 10.4 Å². The molecular formula is C10H9F3O3S. The molecule has 0 aliphatic rings. The van der Waals surface area contributed by atoms with Crippen LogP contribution in [0.5, 0.6) is 0 Å². The van der Waals surface area contributed by atoms with Gasteiger partial charge in [0.25, 0.3) is 0 Å². The Morgan fingerprint density at radius 3 is 2.71 bits per heavy atom. The number of alkyl halides is 3. The number of ether oxygens (including phenoxy) is 1. The highest BCUT2D eigenvalue weighted by Gasteiger charge is 2.27. The van der Waals surface area contributed by atoms with Crippen molar-refractivity contribution in [1.82, 2.24) is 0 Å². The molecule has 1 rings (SSSR count). The molecule has 0 amide bonds. The quantitative estimate of drug-likeness (QED) is 0.505. The molecule has 7 heteroatoms. The average Bonchev–Trinajstić information content (AvgIpc) is 2.23. The number of carboxylic acid groups (broad SMARTS) is 1. The zero-order valence-corrected chi connectivity index (χ0v) is 9.35. The van der Waals surface area contributed by atoms with Gasteiger partial charge in [-0.2, -0.15) is 13.2 Å². The lowest BCUT2D eigenvalue weighted by Crippen LogP contribution is -2.16. The highest BCUT2D eigenvalue weighted by Crippen LogP contribution is 2.21. The Morgan fingerprint density at radius 1 is 1.41 bits per heavy atom. The van der Waals surface area contributed by atoms with Crippen LogP contribution in [-0.4, -0.2) is 29.8 Å². The van der Waals surface area contributed by atoms with Crippen LogP contribution in [0.15, 0.2) is 29.2 Å². The first kappa shape index (κ1) is 13.9. The zero-order chi connectivity index (χ0) is 12.9. The molecule has 1 aromatic rings. The van der Waals surface area contributed by atoms with E-state index in [4.69, 9.17) is 5.11 Å². The van der Waals surface area contributed by atoms with Crippen LogP contribution in [0.2, 0.25) is 0 Å². The van der Waals surface area contributed by atoms with Gasteiger partial charge in [0.1, 0.15) is 6.61 Å². The van der Waals surface area contributed by atoms with Gasteiger partial charge in [-0.05, 0) is 18.2 Å². The number of halogens is 3. The van der Waals surface area contributed by atoms with Crippen LogP contribution in [0, 0.1) is 0 Å². The van der Waals surface area contributed by atoms with Crippen molar-refractivity contribution in [2.24, 2.45) is 0 Å². The molecule has 1 N–H and O–H groups in total. The van der Waals surface area contributed by atoms with Gasteiger partial charge >= 0.3 is 12.1 Å². The first-order valence-corrected chi connectivity index (χ1v) is 5.48. The summed E-state index contributed by atoms with van der Waals surface area (Å²) in [7, 11) is 0. The van der Waals surface area contributed by atoms with E-state index < -0.39 is 18.8 Å². The van der Waals surface area contributed by atoms with Crippen LogP contribution in [0.25, 0.3) is 0 Å². The van der Waals surface area contributed by atoms with Gasteiger partial charge in [0.15, 0.2) is 0 Å². The maximum Gasteiger partial charge on any atom is 0.411 e. The topological polar surface area (TPSA) is 46.5 Å². The average molecular weight is 266 g/mol. The van der Waals surface area contributed by atoms with E-state index in [-0.39, 0.29) is 11.5 Å². The van der Waals surface area contributed by atoms with E-state index in [1.807, 2.05) is 0 Å². The first-order chi connectivity index (χ1) is 7.88. The second-order valence-corrected chi connectivity index (χ2v) is 4.05. The number of benzene rings is 1. The lowest BCUT2D eigenvalue weighted by Gasteiger charge is -2.07. The molecule has 17 heavy (non-hydrogen) atoms. The van der Waals surface area contributed by atoms with E-state index in [1.165, 1.54) is 18.2 Å². The molecule has 0 aliphatic heterocycles. The lowest BCUT2D eigenvalue weighted by molar-refractivity contribution is -0.168. The predicted molar refractivity (Wildman–Crippen MR) is 56.1 cm³/mol. The monoisotopic (exact) mass is 266 g/mol. The molecule has 0 bridgehead atoms. The highest BCUT2D eigenvalue weighted by atomic mass is 32.2. The van der Waals surface area contributed by atoms with Crippen molar-refractivity contribution in [2.75, 3.05) is 12.5 Å². The fourth-order valence-corrected chi connectivity index (χ4v) is 1.67. The molecule has 0 atom stereocenters. The van der Waals surface area contributed by atoms with Crippen LogP contribution in [0.3, 0.4) is 0 Å². The van der Waals surface area contributed by atoms with Crippen LogP contribution < -0.4 is 0 Å². The summed E-state index contributed by atoms with van der Waals surface area (Å²) in [4.78, 5) is 11.2. The smallest absolute Gasteiger partial charge is 0.411 e. The molecule has 0 heterocycles. The summed E-state index contributed by atoms with van der Waals surface area (Å²) in [5, 5.41) is 8.70. The molecule has 0 saturated heterocycles. The predicted octanol–water partition coefficient (Wildman–Crippen LogP) is 3.01. The maximum absolute atomic E-state index is 11.7. The Labute approximate surface area is 99.6 Å². The van der Waals surface area contributed by atoms with Gasteiger partial charge in [-0.15, -0.1) is 0 Å². The number of carbonyl (C=O) groups is 1. The van der Waals surface area contributed by atoms with Crippen molar-refractivity contribution < 1.29 is 27.8 Å². The minimum atomic E-state index is -4.34. The third kappa shape index (κ3) is 5.60. The van der Waals surface area contributed by atoms with Crippen molar-refractivity contribution in [2.45, 2.75) is 11.1 Å². The van der Waals surface area contributed by atoms with E-state index in [0.29, 0.717) is 4.90 Å². The molecule has 0 aliphatic carbocycles. The number of rotatable bonds is 5. The van der Waals surface area contributed by atoms with Gasteiger partial charge in [-0.3, -0.25) is 0 Å². The first-order valence-electron chi connectivity index (χ1n) is 4.49. The van der Waals surface area contributed by atoms with Crippen molar-refractivity contribution >= 4 is 17.7 Å². The summed E-state index contributed by atoms with van der Waals surface area (Å²) >= 11 is 1.01. The lowest BCUT2D eigenvalue weighted by atomic mass is 10.2. The van der Waals surface area contributed by atoms with E-state index in [1.54, 1.807) is 6.07 Å². The largest absolute Gasteiger partial charge is 0.478 e. The standard InChI is InChI=1S/C10H9F3O3S/c11-10(12,13)5-16-6-17-8-3-1-2-7(4-8)9(14)15/h1-4H,5-6H2,(H,14,15). The third-order valence-corrected chi connectivity index (χ3v) is 2.53. The van der Waals surface area contributed by atoms with Crippen LogP contribution >= 0.6 is 11.8 Å². The Bertz CT molecular complexity index is 393. The minimum Gasteiger partial charge on any atom is -0.478 e. The molecule has 3 nitrogen and oxygen atoms in total. The van der Waals surface area contributed by atoms with E-state index in [2.05, 4.69) is 4.74 Å². The molecule has 94 valence electrons. The van der Waals surface area contributed by atoms with Gasteiger partial charge in [-0.25, -0.2) is 4.79 Å². The number of hydrogen-bond donors (Lipinski definition) is 1. The Hall–Kier alpha value is -1.21. The second kappa shape index (κ2) is 5.92. The minimum absolute atomic E-state index is 0.0887. The fraction of sp³-hybridized carbons (Fsp3) is 0.300. The van der Waals surface area contributed by atoms with Crippen molar-refractivity contribution in [1.29, 1.82) is 0 Å². The molecule has 0 radical (unpaired) electrons. The van der Waals surface area contributed by atoms with Gasteiger partial charge in [0, 0.05) is 4.90 Å². The van der Waals surface area contributed by atoms with Crippen molar-refractivity contribution in [3.05, 3.63) is 29.8 Å². The molecule has 0 spiro atoms. The molecule has 0 aromatic heterocycles. The molecule has 0 saturated carbocycles. The molecule has 0 fully saturated rings. The Morgan fingerprint density at radius 2 is 2.12 bits per heavy atom. The van der Waals surface area contributed by atoms with Gasteiger partial charge < -0.3 is 9.84 Å². The zero-order valence-electron chi connectivity index (χ0n) is 8.53. The molecule has 0 unspecified atom stereocenters. The summed E-state index contributed by atoms with van der Waals surface area (Å²) in [5.41, 5.74) is 0.0887. The summed E-state index contributed by atoms with van der Waals surface area (Å²) < 4.78 is 39.6. The summed E-state index contributed by atoms with van der Waals surface area (Å²) in [6, 6.07) is 5.91. The Balaban J connectivity index is 2.42. The molecule has 1 aromatic carbocycles. The van der Waals surface area contributed by atoms with E-state index >= 15 is 0 Å². The van der Waals surface area contributed by atoms with Crippen molar-refractivity contribution in [3.8, 4) is 0 Å². The second-order valence-electron chi connectivity index (χ2n) is 3.06. The van der Waals surface area contributed by atoms with E-state index in [9.17, 15) is 18.0 Å². The maximum atomic E-state index is 11.7. The summed E-state index contributed by atoms with van der Waals surface area (Å²) in [5.74, 6) is -1.26.